The first kappa shape index (κ1) is 21.9. The zero-order chi connectivity index (χ0) is 23.3. The van der Waals surface area contributed by atoms with E-state index in [0.717, 1.165) is 42.8 Å². The van der Waals surface area contributed by atoms with Crippen LogP contribution in [-0.2, 0) is 6.54 Å². The van der Waals surface area contributed by atoms with Gasteiger partial charge in [-0.3, -0.25) is 9.36 Å². The van der Waals surface area contributed by atoms with Gasteiger partial charge in [0.1, 0.15) is 5.65 Å². The van der Waals surface area contributed by atoms with E-state index in [1.54, 1.807) is 22.9 Å². The molecular formula is C27H28N6O. The number of aromatic nitrogens is 3. The van der Waals surface area contributed by atoms with E-state index in [1.165, 1.54) is 5.69 Å². The molecule has 3 heterocycles. The molecular weight excluding hydrogens is 424 g/mol. The Bertz CT molecular complexity index is 1340. The third-order valence-corrected chi connectivity index (χ3v) is 6.11. The second-order valence-corrected chi connectivity index (χ2v) is 8.53. The minimum atomic E-state index is -0.0913. The summed E-state index contributed by atoms with van der Waals surface area (Å²) >= 11 is 0. The Balaban J connectivity index is 1.34. The van der Waals surface area contributed by atoms with Crippen molar-refractivity contribution in [3.63, 3.8) is 0 Å². The van der Waals surface area contributed by atoms with E-state index in [4.69, 9.17) is 0 Å². The zero-order valence-corrected chi connectivity index (χ0v) is 19.3. The standard InChI is InChI=1S/C27H28N6O/c1-31-16-18-32(19-17-31)24-12-10-23(11-13-24)29-27-28-20-22-9-14-25(34)33(26(22)30-27)15-5-8-21-6-3-2-4-7-21/h2-14,20H,15-19H2,1H3,(H,28,29,30). The van der Waals surface area contributed by atoms with Crippen molar-refractivity contribution in [3.05, 3.63) is 94.9 Å². The largest absolute Gasteiger partial charge is 0.369 e. The molecule has 0 spiro atoms. The van der Waals surface area contributed by atoms with E-state index in [9.17, 15) is 4.79 Å². The number of benzene rings is 2. The van der Waals surface area contributed by atoms with Crippen molar-refractivity contribution in [1.29, 1.82) is 0 Å². The van der Waals surface area contributed by atoms with Crippen LogP contribution >= 0.6 is 0 Å². The molecule has 0 amide bonds. The van der Waals surface area contributed by atoms with Crippen molar-refractivity contribution in [3.8, 4) is 0 Å². The predicted molar refractivity (Wildman–Crippen MR) is 139 cm³/mol. The summed E-state index contributed by atoms with van der Waals surface area (Å²) in [5.41, 5.74) is 3.74. The molecule has 0 bridgehead atoms. The third-order valence-electron chi connectivity index (χ3n) is 6.11. The van der Waals surface area contributed by atoms with Gasteiger partial charge in [0.25, 0.3) is 5.56 Å². The maximum atomic E-state index is 12.6. The molecule has 0 atom stereocenters. The molecule has 1 N–H and O–H groups in total. The summed E-state index contributed by atoms with van der Waals surface area (Å²) in [7, 11) is 2.16. The third kappa shape index (κ3) is 5.00. The van der Waals surface area contributed by atoms with E-state index in [0.29, 0.717) is 18.1 Å². The molecule has 0 aliphatic carbocycles. The number of hydrogen-bond acceptors (Lipinski definition) is 6. The smallest absolute Gasteiger partial charge is 0.252 e. The molecule has 0 saturated carbocycles. The highest BCUT2D eigenvalue weighted by Gasteiger charge is 2.14. The first-order chi connectivity index (χ1) is 16.7. The fourth-order valence-corrected chi connectivity index (χ4v) is 4.12. The summed E-state index contributed by atoms with van der Waals surface area (Å²) in [5, 5.41) is 4.10. The van der Waals surface area contributed by atoms with Crippen LogP contribution in [0.2, 0.25) is 0 Å². The number of hydrogen-bond donors (Lipinski definition) is 1. The van der Waals surface area contributed by atoms with Crippen LogP contribution in [-0.4, -0.2) is 52.7 Å². The van der Waals surface area contributed by atoms with Crippen molar-refractivity contribution in [2.75, 3.05) is 43.4 Å². The van der Waals surface area contributed by atoms with Gasteiger partial charge in [-0.05, 0) is 42.9 Å². The Labute approximate surface area is 199 Å². The van der Waals surface area contributed by atoms with Crippen LogP contribution < -0.4 is 15.8 Å². The first-order valence-electron chi connectivity index (χ1n) is 11.5. The lowest BCUT2D eigenvalue weighted by atomic mass is 10.2. The Hall–Kier alpha value is -3.97. The molecule has 4 aromatic rings. The molecule has 0 unspecified atom stereocenters. The molecule has 1 aliphatic rings. The fraction of sp³-hybridized carbons (Fsp3) is 0.222. The predicted octanol–water partition coefficient (Wildman–Crippen LogP) is 4.00. The van der Waals surface area contributed by atoms with E-state index in [2.05, 4.69) is 44.3 Å². The van der Waals surface area contributed by atoms with Crippen LogP contribution in [0.3, 0.4) is 0 Å². The summed E-state index contributed by atoms with van der Waals surface area (Å²) in [6.45, 7) is 4.65. The summed E-state index contributed by atoms with van der Waals surface area (Å²) < 4.78 is 1.66. The normalized spacial score (nSPS) is 14.7. The lowest BCUT2D eigenvalue weighted by molar-refractivity contribution is 0.313. The Morgan fingerprint density at radius 3 is 2.47 bits per heavy atom. The molecule has 7 nitrogen and oxygen atoms in total. The van der Waals surface area contributed by atoms with E-state index < -0.39 is 0 Å². The van der Waals surface area contributed by atoms with Crippen LogP contribution in [0.5, 0.6) is 0 Å². The summed E-state index contributed by atoms with van der Waals surface area (Å²) in [6, 6.07) is 21.7. The molecule has 172 valence electrons. The number of likely N-dealkylation sites (N-methyl/N-ethyl adjacent to an activating group) is 1. The minimum Gasteiger partial charge on any atom is -0.369 e. The number of pyridine rings is 1. The number of rotatable bonds is 6. The van der Waals surface area contributed by atoms with Gasteiger partial charge in [-0.2, -0.15) is 4.98 Å². The monoisotopic (exact) mass is 452 g/mol. The Morgan fingerprint density at radius 1 is 0.941 bits per heavy atom. The SMILES string of the molecule is CN1CCN(c2ccc(Nc3ncc4ccc(=O)n(CC=Cc5ccccc5)c4n3)cc2)CC1. The van der Waals surface area contributed by atoms with E-state index in [-0.39, 0.29) is 5.56 Å². The molecule has 1 saturated heterocycles. The number of fused-ring (bicyclic) bond motifs is 1. The van der Waals surface area contributed by atoms with Crippen LogP contribution in [0.15, 0.2) is 83.8 Å². The molecule has 0 radical (unpaired) electrons. The highest BCUT2D eigenvalue weighted by atomic mass is 16.1. The minimum absolute atomic E-state index is 0.0913. The Kier molecular flexibility index (Phi) is 6.35. The number of allylic oxidation sites excluding steroid dienone is 1. The molecule has 5 rings (SSSR count). The van der Waals surface area contributed by atoms with Crippen molar-refractivity contribution in [1.82, 2.24) is 19.4 Å². The average Bonchev–Trinajstić information content (AvgIpc) is 2.87. The summed E-state index contributed by atoms with van der Waals surface area (Å²) in [5.74, 6) is 0.464. The quantitative estimate of drug-likeness (QED) is 0.477. The molecule has 2 aromatic heterocycles. The van der Waals surface area contributed by atoms with Crippen molar-refractivity contribution < 1.29 is 0 Å². The molecule has 34 heavy (non-hydrogen) atoms. The van der Waals surface area contributed by atoms with Gasteiger partial charge in [-0.25, -0.2) is 4.98 Å². The number of anilines is 3. The van der Waals surface area contributed by atoms with Crippen molar-refractivity contribution >= 4 is 34.4 Å². The Morgan fingerprint density at radius 2 is 1.71 bits per heavy atom. The maximum Gasteiger partial charge on any atom is 0.252 e. The molecule has 2 aromatic carbocycles. The number of nitrogens with one attached hydrogen (secondary N) is 1. The summed E-state index contributed by atoms with van der Waals surface area (Å²) in [6.07, 6.45) is 5.73. The summed E-state index contributed by atoms with van der Waals surface area (Å²) in [4.78, 5) is 26.5. The average molecular weight is 453 g/mol. The van der Waals surface area contributed by atoms with Crippen LogP contribution in [0, 0.1) is 0 Å². The highest BCUT2D eigenvalue weighted by molar-refractivity contribution is 5.76. The van der Waals surface area contributed by atoms with Gasteiger partial charge in [0.2, 0.25) is 5.95 Å². The van der Waals surface area contributed by atoms with Crippen LogP contribution in [0.1, 0.15) is 5.56 Å². The van der Waals surface area contributed by atoms with Gasteiger partial charge in [-0.1, -0.05) is 42.5 Å². The van der Waals surface area contributed by atoms with Gasteiger partial charge < -0.3 is 15.1 Å². The van der Waals surface area contributed by atoms with Crippen molar-refractivity contribution in [2.24, 2.45) is 0 Å². The van der Waals surface area contributed by atoms with Gasteiger partial charge in [0.05, 0.1) is 0 Å². The first-order valence-corrected chi connectivity index (χ1v) is 11.5. The maximum absolute atomic E-state index is 12.6. The van der Waals surface area contributed by atoms with Gasteiger partial charge in [-0.15, -0.1) is 0 Å². The van der Waals surface area contributed by atoms with Gasteiger partial charge >= 0.3 is 0 Å². The second-order valence-electron chi connectivity index (χ2n) is 8.53. The van der Waals surface area contributed by atoms with Crippen LogP contribution in [0.25, 0.3) is 17.1 Å². The molecule has 1 aliphatic heterocycles. The number of piperazine rings is 1. The van der Waals surface area contributed by atoms with Crippen molar-refractivity contribution in [2.45, 2.75) is 6.54 Å². The lowest BCUT2D eigenvalue weighted by Crippen LogP contribution is -2.44. The second kappa shape index (κ2) is 9.89. The molecule has 1 fully saturated rings. The highest BCUT2D eigenvalue weighted by Crippen LogP contribution is 2.21. The topological polar surface area (TPSA) is 66.3 Å². The lowest BCUT2D eigenvalue weighted by Gasteiger charge is -2.34. The zero-order valence-electron chi connectivity index (χ0n) is 19.3. The van der Waals surface area contributed by atoms with Gasteiger partial charge in [0.15, 0.2) is 0 Å². The van der Waals surface area contributed by atoms with E-state index in [1.807, 2.05) is 54.6 Å². The fourth-order valence-electron chi connectivity index (χ4n) is 4.12. The number of nitrogens with zero attached hydrogens (tertiary/aromatic N) is 5. The molecule has 7 heteroatoms. The van der Waals surface area contributed by atoms with Crippen LogP contribution in [0.4, 0.5) is 17.3 Å². The van der Waals surface area contributed by atoms with E-state index >= 15 is 0 Å². The van der Waals surface area contributed by atoms with Gasteiger partial charge in [0, 0.05) is 61.7 Å².